The van der Waals surface area contributed by atoms with Gasteiger partial charge in [-0.05, 0) is 13.0 Å². The lowest BCUT2D eigenvalue weighted by Crippen LogP contribution is -2.03. The molecule has 1 aromatic carbocycles. The second-order valence-corrected chi connectivity index (χ2v) is 4.65. The van der Waals surface area contributed by atoms with Crippen molar-refractivity contribution >= 4 is 5.82 Å². The van der Waals surface area contributed by atoms with Crippen LogP contribution in [0.5, 0.6) is 0 Å². The highest BCUT2D eigenvalue weighted by Gasteiger charge is 2.13. The maximum absolute atomic E-state index is 6.02. The van der Waals surface area contributed by atoms with Gasteiger partial charge in [-0.2, -0.15) is 5.10 Å². The summed E-state index contributed by atoms with van der Waals surface area (Å²) in [6.07, 6.45) is 1.86. The van der Waals surface area contributed by atoms with Crippen LogP contribution in [0.25, 0.3) is 22.8 Å². The number of hydrogen-bond acceptors (Lipinski definition) is 4. The van der Waals surface area contributed by atoms with Crippen molar-refractivity contribution in [2.24, 2.45) is 7.05 Å². The summed E-state index contributed by atoms with van der Waals surface area (Å²) in [5.74, 6) is 1.03. The van der Waals surface area contributed by atoms with Crippen molar-refractivity contribution < 1.29 is 0 Å². The summed E-state index contributed by atoms with van der Waals surface area (Å²) >= 11 is 0. The van der Waals surface area contributed by atoms with Gasteiger partial charge in [0.1, 0.15) is 11.5 Å². The highest BCUT2D eigenvalue weighted by Crippen LogP contribution is 2.26. The Bertz CT molecular complexity index is 746. The smallest absolute Gasteiger partial charge is 0.182 e. The molecule has 2 aromatic heterocycles. The molecule has 0 aliphatic carbocycles. The number of aryl methyl sites for hydroxylation is 1. The number of nitrogens with zero attached hydrogens (tertiary/aromatic N) is 4. The van der Waals surface area contributed by atoms with Crippen LogP contribution in [0.2, 0.25) is 0 Å². The Morgan fingerprint density at radius 1 is 1.05 bits per heavy atom. The van der Waals surface area contributed by atoms with E-state index in [1.807, 2.05) is 56.6 Å². The lowest BCUT2D eigenvalue weighted by atomic mass is 10.1. The maximum Gasteiger partial charge on any atom is 0.182 e. The third-order valence-corrected chi connectivity index (χ3v) is 3.17. The molecule has 5 nitrogen and oxygen atoms in total. The van der Waals surface area contributed by atoms with E-state index in [9.17, 15) is 0 Å². The summed E-state index contributed by atoms with van der Waals surface area (Å²) < 4.78 is 1.72. The summed E-state index contributed by atoms with van der Waals surface area (Å²) in [7, 11) is 1.86. The molecule has 20 heavy (non-hydrogen) atoms. The minimum absolute atomic E-state index is 0.486. The number of rotatable bonds is 2. The largest absolute Gasteiger partial charge is 0.383 e. The zero-order chi connectivity index (χ0) is 14.1. The first-order valence-corrected chi connectivity index (χ1v) is 6.34. The van der Waals surface area contributed by atoms with Gasteiger partial charge in [-0.3, -0.25) is 4.68 Å². The number of anilines is 1. The molecule has 0 fully saturated rings. The van der Waals surface area contributed by atoms with Crippen LogP contribution in [-0.2, 0) is 7.05 Å². The van der Waals surface area contributed by atoms with Crippen LogP contribution >= 0.6 is 0 Å². The zero-order valence-electron chi connectivity index (χ0n) is 11.4. The Balaban J connectivity index is 2.18. The topological polar surface area (TPSA) is 69.6 Å². The fourth-order valence-electron chi connectivity index (χ4n) is 2.06. The monoisotopic (exact) mass is 265 g/mol. The second-order valence-electron chi connectivity index (χ2n) is 4.65. The van der Waals surface area contributed by atoms with E-state index in [1.54, 1.807) is 4.68 Å². The molecule has 0 spiro atoms. The van der Waals surface area contributed by atoms with E-state index in [-0.39, 0.29) is 0 Å². The van der Waals surface area contributed by atoms with Gasteiger partial charge < -0.3 is 5.73 Å². The average Bonchev–Trinajstić information content (AvgIpc) is 2.89. The van der Waals surface area contributed by atoms with Gasteiger partial charge in [0.15, 0.2) is 5.82 Å². The van der Waals surface area contributed by atoms with Crippen LogP contribution in [0, 0.1) is 6.92 Å². The van der Waals surface area contributed by atoms with Crippen molar-refractivity contribution in [1.82, 2.24) is 19.7 Å². The Labute approximate surface area is 117 Å². The summed E-state index contributed by atoms with van der Waals surface area (Å²) in [4.78, 5) is 8.95. The molecule has 2 N–H and O–H groups in total. The first-order chi connectivity index (χ1) is 9.65. The molecule has 0 bridgehead atoms. The second kappa shape index (κ2) is 4.77. The van der Waals surface area contributed by atoms with Crippen LogP contribution in [-0.4, -0.2) is 19.7 Å². The number of benzene rings is 1. The van der Waals surface area contributed by atoms with Gasteiger partial charge in [0.05, 0.1) is 5.69 Å². The summed E-state index contributed by atoms with van der Waals surface area (Å²) in [6, 6.07) is 11.8. The molecule has 3 rings (SSSR count). The average molecular weight is 265 g/mol. The van der Waals surface area contributed by atoms with Crippen LogP contribution in [0.1, 0.15) is 5.56 Å². The molecule has 0 saturated carbocycles. The molecule has 0 aliphatic rings. The lowest BCUT2D eigenvalue weighted by molar-refractivity contribution is 0.768. The van der Waals surface area contributed by atoms with E-state index in [4.69, 9.17) is 5.73 Å². The Morgan fingerprint density at radius 3 is 2.45 bits per heavy atom. The molecular weight excluding hydrogens is 250 g/mol. The molecule has 0 unspecified atom stereocenters. The van der Waals surface area contributed by atoms with Crippen molar-refractivity contribution in [3.63, 3.8) is 0 Å². The van der Waals surface area contributed by atoms with Crippen molar-refractivity contribution in [3.8, 4) is 22.8 Å². The first-order valence-electron chi connectivity index (χ1n) is 6.34. The van der Waals surface area contributed by atoms with Gasteiger partial charge in [-0.25, -0.2) is 9.97 Å². The van der Waals surface area contributed by atoms with E-state index in [1.165, 1.54) is 0 Å². The molecular formula is C15H15N5. The van der Waals surface area contributed by atoms with Gasteiger partial charge >= 0.3 is 0 Å². The Morgan fingerprint density at radius 2 is 1.80 bits per heavy atom. The predicted octanol–water partition coefficient (Wildman–Crippen LogP) is 2.43. The number of aromatic nitrogens is 4. The van der Waals surface area contributed by atoms with E-state index in [0.717, 1.165) is 22.5 Å². The highest BCUT2D eigenvalue weighted by molar-refractivity contribution is 5.70. The van der Waals surface area contributed by atoms with Crippen LogP contribution < -0.4 is 5.73 Å². The molecule has 0 aliphatic heterocycles. The van der Waals surface area contributed by atoms with Gasteiger partial charge in [0.25, 0.3) is 0 Å². The summed E-state index contributed by atoms with van der Waals surface area (Å²) in [6.45, 7) is 1.93. The van der Waals surface area contributed by atoms with Crippen LogP contribution in [0.15, 0.2) is 42.6 Å². The molecule has 2 heterocycles. The molecule has 0 radical (unpaired) electrons. The third-order valence-electron chi connectivity index (χ3n) is 3.17. The molecule has 3 aromatic rings. The van der Waals surface area contributed by atoms with Crippen molar-refractivity contribution in [3.05, 3.63) is 48.2 Å². The standard InChI is InChI=1S/C15H15N5/c1-10-13(11-6-4-3-5-7-11)17-15(18-14(10)16)12-8-9-20(2)19-12/h3-9H,1-2H3,(H2,16,17,18). The van der Waals surface area contributed by atoms with E-state index < -0.39 is 0 Å². The third kappa shape index (κ3) is 2.14. The molecule has 100 valence electrons. The normalized spacial score (nSPS) is 10.7. The zero-order valence-corrected chi connectivity index (χ0v) is 11.4. The SMILES string of the molecule is Cc1c(N)nc(-c2ccn(C)n2)nc1-c1ccccc1. The van der Waals surface area contributed by atoms with Crippen molar-refractivity contribution in [2.45, 2.75) is 6.92 Å². The Kier molecular flexibility index (Phi) is 2.95. The van der Waals surface area contributed by atoms with Gasteiger partial charge in [0, 0.05) is 24.4 Å². The first kappa shape index (κ1) is 12.3. The van der Waals surface area contributed by atoms with E-state index in [0.29, 0.717) is 11.6 Å². The summed E-state index contributed by atoms with van der Waals surface area (Å²) in [5.41, 5.74) is 9.49. The number of nitrogen functional groups attached to an aromatic ring is 1. The quantitative estimate of drug-likeness (QED) is 0.772. The Hall–Kier alpha value is -2.69. The minimum atomic E-state index is 0.486. The van der Waals surface area contributed by atoms with Crippen molar-refractivity contribution in [2.75, 3.05) is 5.73 Å². The fourth-order valence-corrected chi connectivity index (χ4v) is 2.06. The van der Waals surface area contributed by atoms with Gasteiger partial charge in [-0.1, -0.05) is 30.3 Å². The number of hydrogen-bond donors (Lipinski definition) is 1. The fraction of sp³-hybridized carbons (Fsp3) is 0.133. The molecule has 0 saturated heterocycles. The highest BCUT2D eigenvalue weighted by atomic mass is 15.3. The van der Waals surface area contributed by atoms with Crippen molar-refractivity contribution in [1.29, 1.82) is 0 Å². The minimum Gasteiger partial charge on any atom is -0.383 e. The predicted molar refractivity (Wildman–Crippen MR) is 78.8 cm³/mol. The summed E-state index contributed by atoms with van der Waals surface area (Å²) in [5, 5.41) is 4.32. The molecule has 5 heteroatoms. The molecule has 0 atom stereocenters. The molecule has 0 amide bonds. The number of nitrogens with two attached hydrogens (primary N) is 1. The maximum atomic E-state index is 6.02. The van der Waals surface area contributed by atoms with Crippen LogP contribution in [0.3, 0.4) is 0 Å². The van der Waals surface area contributed by atoms with Gasteiger partial charge in [0.2, 0.25) is 0 Å². The lowest BCUT2D eigenvalue weighted by Gasteiger charge is -2.09. The van der Waals surface area contributed by atoms with E-state index >= 15 is 0 Å². The van der Waals surface area contributed by atoms with Crippen LogP contribution in [0.4, 0.5) is 5.82 Å². The van der Waals surface area contributed by atoms with E-state index in [2.05, 4.69) is 15.1 Å². The van der Waals surface area contributed by atoms with Gasteiger partial charge in [-0.15, -0.1) is 0 Å².